The number of benzene rings is 2. The van der Waals surface area contributed by atoms with Crippen LogP contribution >= 0.6 is 0 Å². The summed E-state index contributed by atoms with van der Waals surface area (Å²) in [7, 11) is 0. The Hall–Kier alpha value is -4.01. The molecule has 4 aromatic rings. The Morgan fingerprint density at radius 3 is 2.46 bits per heavy atom. The van der Waals surface area contributed by atoms with Crippen LogP contribution in [0.5, 0.6) is 0 Å². The number of aromatic nitrogens is 4. The summed E-state index contributed by atoms with van der Waals surface area (Å²) in [6.45, 7) is 13.4. The second-order valence-corrected chi connectivity index (χ2v) is 11.1. The van der Waals surface area contributed by atoms with E-state index in [0.717, 1.165) is 87.4 Å². The maximum atomic E-state index is 11.8. The topological polar surface area (TPSA) is 73.3 Å². The van der Waals surface area contributed by atoms with Gasteiger partial charge in [-0.2, -0.15) is 10.2 Å². The predicted molar refractivity (Wildman–Crippen MR) is 165 cm³/mol. The van der Waals surface area contributed by atoms with Gasteiger partial charge in [0.1, 0.15) is 0 Å². The zero-order valence-corrected chi connectivity index (χ0v) is 23.9. The monoisotopic (exact) mass is 549 g/mol. The third kappa shape index (κ3) is 6.19. The largest absolute Gasteiger partial charge is 0.337 e. The maximum absolute atomic E-state index is 11.8. The van der Waals surface area contributed by atoms with Gasteiger partial charge in [-0.25, -0.2) is 0 Å². The van der Waals surface area contributed by atoms with Gasteiger partial charge in [-0.15, -0.1) is 0 Å². The lowest BCUT2D eigenvalue weighted by molar-refractivity contribution is -0.127. The Labute approximate surface area is 241 Å². The van der Waals surface area contributed by atoms with Gasteiger partial charge in [0, 0.05) is 63.0 Å². The van der Waals surface area contributed by atoms with Crippen LogP contribution in [0.3, 0.4) is 0 Å². The average molecular weight is 550 g/mol. The highest BCUT2D eigenvalue weighted by Gasteiger charge is 2.20. The van der Waals surface area contributed by atoms with Gasteiger partial charge in [-0.1, -0.05) is 43.8 Å². The van der Waals surface area contributed by atoms with Gasteiger partial charge in [0.05, 0.1) is 23.4 Å². The summed E-state index contributed by atoms with van der Waals surface area (Å²) < 4.78 is 2.14. The first-order chi connectivity index (χ1) is 20.1. The summed E-state index contributed by atoms with van der Waals surface area (Å²) in [6.07, 6.45) is 12.0. The summed E-state index contributed by atoms with van der Waals surface area (Å²) in [6, 6.07) is 15.8. The summed E-state index contributed by atoms with van der Waals surface area (Å²) in [5, 5.41) is 13.5. The van der Waals surface area contributed by atoms with Crippen LogP contribution in [-0.4, -0.2) is 86.4 Å². The standard InChI is InChI=1S/C33H39N7O/c1-3-33(41)39-19-17-38(18-20-39)23-25-5-8-27(9-6-25)28-10-12-32-30(21-28)31(35-36-32)11-7-26-22-34-40(24-26)29-13-15-37(4-2)16-14-29/h3,5-12,21-22,24,29H,1,4,13-20,23H2,2H3,(H,35,36)/b11-7+. The third-order valence-corrected chi connectivity index (χ3v) is 8.58. The van der Waals surface area contributed by atoms with Gasteiger partial charge in [0.25, 0.3) is 0 Å². The van der Waals surface area contributed by atoms with E-state index in [-0.39, 0.29) is 5.91 Å². The number of amides is 1. The van der Waals surface area contributed by atoms with E-state index in [1.165, 1.54) is 22.8 Å². The molecule has 4 heterocycles. The van der Waals surface area contributed by atoms with E-state index in [1.807, 2.05) is 11.1 Å². The lowest BCUT2D eigenvalue weighted by Gasteiger charge is -2.34. The molecule has 0 unspecified atom stereocenters. The van der Waals surface area contributed by atoms with E-state index in [9.17, 15) is 4.79 Å². The Bertz CT molecular complexity index is 1520. The Kier molecular flexibility index (Phi) is 8.11. The summed E-state index contributed by atoms with van der Waals surface area (Å²) >= 11 is 0. The van der Waals surface area contributed by atoms with Crippen LogP contribution in [-0.2, 0) is 11.3 Å². The number of rotatable bonds is 8. The number of carbonyl (C=O) groups is 1. The molecule has 0 saturated carbocycles. The van der Waals surface area contributed by atoms with E-state index in [1.54, 1.807) is 0 Å². The SMILES string of the molecule is C=CC(=O)N1CCN(Cc2ccc(-c3ccc4[nH]nc(/C=C/c5cnn(C6CCN(CC)CC6)c5)c4c3)cc2)CC1. The molecule has 212 valence electrons. The minimum Gasteiger partial charge on any atom is -0.337 e. The van der Waals surface area contributed by atoms with Gasteiger partial charge in [-0.3, -0.25) is 19.5 Å². The number of hydrogen-bond donors (Lipinski definition) is 1. The lowest BCUT2D eigenvalue weighted by atomic mass is 10.0. The third-order valence-electron chi connectivity index (χ3n) is 8.58. The van der Waals surface area contributed by atoms with Crippen LogP contribution < -0.4 is 0 Å². The number of likely N-dealkylation sites (tertiary alicyclic amines) is 1. The van der Waals surface area contributed by atoms with Crippen molar-refractivity contribution in [2.75, 3.05) is 45.8 Å². The second-order valence-electron chi connectivity index (χ2n) is 11.1. The summed E-state index contributed by atoms with van der Waals surface area (Å²) in [4.78, 5) is 18.6. The van der Waals surface area contributed by atoms with E-state index in [0.29, 0.717) is 6.04 Å². The number of nitrogens with one attached hydrogen (secondary N) is 1. The highest BCUT2D eigenvalue weighted by Crippen LogP contribution is 2.27. The minimum absolute atomic E-state index is 0.0248. The van der Waals surface area contributed by atoms with E-state index < -0.39 is 0 Å². The second kappa shape index (κ2) is 12.2. The first-order valence-electron chi connectivity index (χ1n) is 14.8. The molecule has 0 atom stereocenters. The number of hydrogen-bond acceptors (Lipinski definition) is 5. The van der Waals surface area contributed by atoms with Gasteiger partial charge < -0.3 is 9.80 Å². The molecule has 1 N–H and O–H groups in total. The molecule has 0 aliphatic carbocycles. The molecule has 1 amide bonds. The molecule has 2 fully saturated rings. The van der Waals surface area contributed by atoms with Gasteiger partial charge >= 0.3 is 0 Å². The molecule has 2 aliphatic rings. The van der Waals surface area contributed by atoms with Crippen molar-refractivity contribution in [3.8, 4) is 11.1 Å². The van der Waals surface area contributed by atoms with Gasteiger partial charge in [-0.05, 0) is 66.4 Å². The molecule has 0 radical (unpaired) electrons. The van der Waals surface area contributed by atoms with Crippen molar-refractivity contribution < 1.29 is 4.79 Å². The van der Waals surface area contributed by atoms with Crippen LogP contribution in [0, 0.1) is 0 Å². The summed E-state index contributed by atoms with van der Waals surface area (Å²) in [5.41, 5.74) is 6.68. The zero-order valence-electron chi connectivity index (χ0n) is 23.9. The number of piperazine rings is 1. The fourth-order valence-electron chi connectivity index (χ4n) is 5.97. The number of nitrogens with zero attached hydrogens (tertiary/aromatic N) is 6. The highest BCUT2D eigenvalue weighted by molar-refractivity contribution is 5.92. The van der Waals surface area contributed by atoms with E-state index in [4.69, 9.17) is 0 Å². The smallest absolute Gasteiger partial charge is 0.246 e. The van der Waals surface area contributed by atoms with Crippen molar-refractivity contribution in [2.24, 2.45) is 0 Å². The van der Waals surface area contributed by atoms with Crippen molar-refractivity contribution in [2.45, 2.75) is 32.4 Å². The van der Waals surface area contributed by atoms with E-state index >= 15 is 0 Å². The first-order valence-corrected chi connectivity index (χ1v) is 14.8. The van der Waals surface area contributed by atoms with Crippen molar-refractivity contribution >= 4 is 29.0 Å². The first kappa shape index (κ1) is 27.2. The zero-order chi connectivity index (χ0) is 28.2. The number of fused-ring (bicyclic) bond motifs is 1. The molecule has 2 aromatic heterocycles. The number of carbonyl (C=O) groups excluding carboxylic acids is 1. The number of piperidine rings is 1. The molecule has 6 rings (SSSR count). The predicted octanol–water partition coefficient (Wildman–Crippen LogP) is 5.08. The normalized spacial score (nSPS) is 17.5. The van der Waals surface area contributed by atoms with Crippen molar-refractivity contribution in [1.29, 1.82) is 0 Å². The quantitative estimate of drug-likeness (QED) is 0.310. The average Bonchev–Trinajstić information content (AvgIpc) is 3.67. The van der Waals surface area contributed by atoms with Crippen molar-refractivity contribution in [1.82, 2.24) is 34.7 Å². The lowest BCUT2D eigenvalue weighted by Crippen LogP contribution is -2.47. The van der Waals surface area contributed by atoms with Crippen LogP contribution in [0.15, 0.2) is 67.5 Å². The van der Waals surface area contributed by atoms with Crippen molar-refractivity contribution in [3.05, 3.63) is 84.3 Å². The molecule has 2 aliphatic heterocycles. The van der Waals surface area contributed by atoms with Crippen molar-refractivity contribution in [3.63, 3.8) is 0 Å². The van der Waals surface area contributed by atoms with Gasteiger partial charge in [0.2, 0.25) is 5.91 Å². The molecule has 41 heavy (non-hydrogen) atoms. The maximum Gasteiger partial charge on any atom is 0.246 e. The number of H-pyrrole nitrogens is 1. The molecular formula is C33H39N7O. The van der Waals surface area contributed by atoms with Crippen LogP contribution in [0.1, 0.15) is 42.6 Å². The number of aromatic amines is 1. The molecule has 2 aromatic carbocycles. The van der Waals surface area contributed by atoms with Crippen LogP contribution in [0.2, 0.25) is 0 Å². The Morgan fingerprint density at radius 1 is 0.976 bits per heavy atom. The fourth-order valence-corrected chi connectivity index (χ4v) is 5.97. The molecule has 8 nitrogen and oxygen atoms in total. The minimum atomic E-state index is 0.0248. The molecular weight excluding hydrogens is 510 g/mol. The van der Waals surface area contributed by atoms with Crippen LogP contribution in [0.25, 0.3) is 34.2 Å². The molecule has 0 spiro atoms. The summed E-state index contributed by atoms with van der Waals surface area (Å²) in [5.74, 6) is 0.0248. The van der Waals surface area contributed by atoms with Gasteiger partial charge in [0.15, 0.2) is 0 Å². The Balaban J connectivity index is 1.10. The highest BCUT2D eigenvalue weighted by atomic mass is 16.2. The van der Waals surface area contributed by atoms with E-state index in [2.05, 4.69) is 104 Å². The van der Waals surface area contributed by atoms with Crippen LogP contribution in [0.4, 0.5) is 0 Å². The molecule has 0 bridgehead atoms. The molecule has 8 heteroatoms. The Morgan fingerprint density at radius 2 is 1.73 bits per heavy atom. The fraction of sp³-hybridized carbons (Fsp3) is 0.364. The molecule has 2 saturated heterocycles.